The van der Waals surface area contributed by atoms with Gasteiger partial charge in [0, 0.05) is 48.1 Å². The number of aromatic amines is 1. The third-order valence-electron chi connectivity index (χ3n) is 5.40. The predicted molar refractivity (Wildman–Crippen MR) is 136 cm³/mol. The quantitative estimate of drug-likeness (QED) is 0.285. The van der Waals surface area contributed by atoms with Gasteiger partial charge in [-0.1, -0.05) is 35.9 Å². The van der Waals surface area contributed by atoms with Crippen LogP contribution in [0.2, 0.25) is 5.02 Å². The lowest BCUT2D eigenvalue weighted by Crippen LogP contribution is -2.29. The van der Waals surface area contributed by atoms with Gasteiger partial charge in [-0.25, -0.2) is 4.39 Å². The number of aromatic nitrogens is 2. The minimum absolute atomic E-state index is 0. The van der Waals surface area contributed by atoms with Crippen LogP contribution in [0.3, 0.4) is 0 Å². The zero-order valence-corrected chi connectivity index (χ0v) is 20.2. The Balaban J connectivity index is 0.00000342. The minimum Gasteiger partial charge on any atom is -0.360 e. The van der Waals surface area contributed by atoms with E-state index in [0.717, 1.165) is 16.7 Å². The molecule has 2 heterocycles. The van der Waals surface area contributed by atoms with Crippen molar-refractivity contribution in [1.82, 2.24) is 20.6 Å². The van der Waals surface area contributed by atoms with E-state index in [1.54, 1.807) is 24.5 Å². The monoisotopic (exact) mass is 515 g/mol. The average molecular weight is 516 g/mol. The third-order valence-corrected chi connectivity index (χ3v) is 5.71. The van der Waals surface area contributed by atoms with Gasteiger partial charge in [0.25, 0.3) is 5.91 Å². The molecular weight excluding hydrogens is 492 g/mol. The van der Waals surface area contributed by atoms with Crippen LogP contribution in [0.15, 0.2) is 61.1 Å². The van der Waals surface area contributed by atoms with Gasteiger partial charge in [-0.3, -0.25) is 14.6 Å². The van der Waals surface area contributed by atoms with Gasteiger partial charge in [0.1, 0.15) is 5.82 Å². The summed E-state index contributed by atoms with van der Waals surface area (Å²) in [5.74, 6) is -0.981. The molecule has 182 valence electrons. The van der Waals surface area contributed by atoms with Crippen LogP contribution in [-0.4, -0.2) is 28.3 Å². The molecule has 0 atom stereocenters. The predicted octanol–water partition coefficient (Wildman–Crippen LogP) is 3.87. The number of carbonyl (C=O) groups excluding carboxylic acids is 2. The van der Waals surface area contributed by atoms with Crippen LogP contribution in [0.1, 0.15) is 32.6 Å². The van der Waals surface area contributed by atoms with Crippen molar-refractivity contribution in [2.24, 2.45) is 5.73 Å². The number of fused-ring (bicyclic) bond motifs is 1. The maximum absolute atomic E-state index is 14.4. The number of pyridine rings is 1. The molecule has 4 aromatic rings. The first kappa shape index (κ1) is 26.2. The lowest BCUT2D eigenvalue weighted by molar-refractivity contribution is -0.119. The number of benzene rings is 2. The molecule has 0 bridgehead atoms. The van der Waals surface area contributed by atoms with E-state index in [1.807, 2.05) is 24.3 Å². The van der Waals surface area contributed by atoms with Crippen LogP contribution in [0.5, 0.6) is 0 Å². The number of rotatable bonds is 8. The van der Waals surface area contributed by atoms with Gasteiger partial charge in [-0.2, -0.15) is 0 Å². The second-order valence-electron chi connectivity index (χ2n) is 7.86. The maximum atomic E-state index is 14.4. The van der Waals surface area contributed by atoms with E-state index in [2.05, 4.69) is 20.6 Å². The second kappa shape index (κ2) is 11.8. The van der Waals surface area contributed by atoms with Crippen molar-refractivity contribution >= 4 is 46.7 Å². The summed E-state index contributed by atoms with van der Waals surface area (Å²) in [6.07, 6.45) is 5.36. The van der Waals surface area contributed by atoms with Gasteiger partial charge in [-0.15, -0.1) is 12.4 Å². The lowest BCUT2D eigenvalue weighted by atomic mass is 10.0. The molecule has 10 heteroatoms. The molecule has 0 aliphatic carbocycles. The highest BCUT2D eigenvalue weighted by molar-refractivity contribution is 6.35. The Morgan fingerprint density at radius 2 is 1.74 bits per heavy atom. The number of nitrogens with one attached hydrogen (secondary N) is 3. The van der Waals surface area contributed by atoms with Gasteiger partial charge in [0.2, 0.25) is 5.91 Å². The molecule has 2 amide bonds. The highest BCUT2D eigenvalue weighted by atomic mass is 35.5. The van der Waals surface area contributed by atoms with Gasteiger partial charge in [0.15, 0.2) is 0 Å². The van der Waals surface area contributed by atoms with Crippen molar-refractivity contribution in [2.75, 3.05) is 6.54 Å². The second-order valence-corrected chi connectivity index (χ2v) is 8.27. The van der Waals surface area contributed by atoms with Crippen molar-refractivity contribution in [2.45, 2.75) is 19.5 Å². The first-order valence-electron chi connectivity index (χ1n) is 10.6. The Kier molecular flexibility index (Phi) is 8.81. The van der Waals surface area contributed by atoms with Crippen LogP contribution in [0.25, 0.3) is 10.9 Å². The van der Waals surface area contributed by atoms with Crippen molar-refractivity contribution in [3.05, 3.63) is 99.7 Å². The molecule has 0 aliphatic rings. The number of H-pyrrole nitrogens is 1. The van der Waals surface area contributed by atoms with Gasteiger partial charge < -0.3 is 21.4 Å². The first-order chi connectivity index (χ1) is 16.4. The number of halogens is 3. The Morgan fingerprint density at radius 3 is 2.49 bits per heavy atom. The normalized spacial score (nSPS) is 10.6. The van der Waals surface area contributed by atoms with Crippen molar-refractivity contribution in [3.8, 4) is 0 Å². The molecule has 2 aromatic carbocycles. The highest BCUT2D eigenvalue weighted by Gasteiger charge is 2.12. The summed E-state index contributed by atoms with van der Waals surface area (Å²) in [4.78, 5) is 31.0. The maximum Gasteiger partial charge on any atom is 0.253 e. The SMILES string of the molecule is Cl.NCC(=O)NCc1ccc(Cc2cncc(C(=O)NCc3cc4c(Cl)c[nH]c4cc3F)c2)cc1. The molecule has 0 radical (unpaired) electrons. The zero-order chi connectivity index (χ0) is 24.1. The lowest BCUT2D eigenvalue weighted by Gasteiger charge is -2.09. The Morgan fingerprint density at radius 1 is 1.00 bits per heavy atom. The van der Waals surface area contributed by atoms with E-state index in [4.69, 9.17) is 17.3 Å². The van der Waals surface area contributed by atoms with Crippen LogP contribution < -0.4 is 16.4 Å². The van der Waals surface area contributed by atoms with Gasteiger partial charge in [0.05, 0.1) is 17.1 Å². The van der Waals surface area contributed by atoms with Gasteiger partial charge in [-0.05, 0) is 41.3 Å². The topological polar surface area (TPSA) is 113 Å². The third kappa shape index (κ3) is 6.57. The van der Waals surface area contributed by atoms with E-state index in [1.165, 1.54) is 12.3 Å². The molecule has 4 rings (SSSR count). The molecule has 5 N–H and O–H groups in total. The van der Waals surface area contributed by atoms with E-state index < -0.39 is 5.82 Å². The zero-order valence-electron chi connectivity index (χ0n) is 18.6. The summed E-state index contributed by atoms with van der Waals surface area (Å²) < 4.78 is 14.4. The molecule has 0 saturated carbocycles. The van der Waals surface area contributed by atoms with Crippen molar-refractivity contribution < 1.29 is 14.0 Å². The van der Waals surface area contributed by atoms with Crippen LogP contribution in [0, 0.1) is 5.82 Å². The molecule has 0 aliphatic heterocycles. The summed E-state index contributed by atoms with van der Waals surface area (Å²) in [6, 6.07) is 12.5. The number of nitrogens with two attached hydrogens (primary N) is 1. The fourth-order valence-corrected chi connectivity index (χ4v) is 3.77. The van der Waals surface area contributed by atoms with Crippen LogP contribution in [0.4, 0.5) is 4.39 Å². The standard InChI is InChI=1S/C25H23ClFN5O2.ClH/c26-21-14-30-23-8-22(27)18(7-20(21)23)13-32-25(34)19-6-17(10-29-12-19)5-15-1-3-16(4-2-15)11-31-24(33)9-28;/h1-4,6-8,10,12,14,30H,5,9,11,13,28H2,(H,31,33)(H,32,34);1H. The molecule has 0 spiro atoms. The Bertz CT molecular complexity index is 1340. The number of amides is 2. The minimum atomic E-state index is -0.427. The molecule has 0 fully saturated rings. The summed E-state index contributed by atoms with van der Waals surface area (Å²) in [7, 11) is 0. The van der Waals surface area contributed by atoms with E-state index >= 15 is 0 Å². The smallest absolute Gasteiger partial charge is 0.253 e. The van der Waals surface area contributed by atoms with Crippen LogP contribution >= 0.6 is 24.0 Å². The number of nitrogens with zero attached hydrogens (tertiary/aromatic N) is 1. The average Bonchev–Trinajstić information content (AvgIpc) is 3.21. The summed E-state index contributed by atoms with van der Waals surface area (Å²) in [6.45, 7) is 0.395. The largest absolute Gasteiger partial charge is 0.360 e. The summed E-state index contributed by atoms with van der Waals surface area (Å²) in [5.41, 5.74) is 9.48. The fourth-order valence-electron chi connectivity index (χ4n) is 3.56. The molecular formula is C25H24Cl2FN5O2. The molecule has 35 heavy (non-hydrogen) atoms. The number of hydrogen-bond donors (Lipinski definition) is 4. The molecule has 0 saturated heterocycles. The highest BCUT2D eigenvalue weighted by Crippen LogP contribution is 2.25. The summed E-state index contributed by atoms with van der Waals surface area (Å²) in [5, 5.41) is 6.66. The van der Waals surface area contributed by atoms with E-state index in [0.29, 0.717) is 40.0 Å². The van der Waals surface area contributed by atoms with Crippen LogP contribution in [-0.2, 0) is 24.3 Å². The van der Waals surface area contributed by atoms with Crippen molar-refractivity contribution in [1.29, 1.82) is 0 Å². The van der Waals surface area contributed by atoms with Crippen molar-refractivity contribution in [3.63, 3.8) is 0 Å². The fraction of sp³-hybridized carbons (Fsp3) is 0.160. The Hall–Kier alpha value is -3.46. The number of carbonyl (C=O) groups is 2. The Labute approximate surface area is 212 Å². The molecule has 2 aromatic heterocycles. The number of hydrogen-bond acceptors (Lipinski definition) is 4. The molecule has 0 unspecified atom stereocenters. The molecule has 7 nitrogen and oxygen atoms in total. The summed E-state index contributed by atoms with van der Waals surface area (Å²) >= 11 is 6.11. The van der Waals surface area contributed by atoms with E-state index in [-0.39, 0.29) is 37.3 Å². The van der Waals surface area contributed by atoms with E-state index in [9.17, 15) is 14.0 Å². The van der Waals surface area contributed by atoms with Gasteiger partial charge >= 0.3 is 0 Å². The first-order valence-corrected chi connectivity index (χ1v) is 11.0.